The lowest BCUT2D eigenvalue weighted by molar-refractivity contribution is 0.139. The van der Waals surface area contributed by atoms with Crippen molar-refractivity contribution in [1.82, 2.24) is 14.5 Å². The molecule has 4 heteroatoms. The molecule has 1 aromatic carbocycles. The van der Waals surface area contributed by atoms with E-state index in [0.717, 1.165) is 31.0 Å². The Morgan fingerprint density at radius 1 is 1.24 bits per heavy atom. The summed E-state index contributed by atoms with van der Waals surface area (Å²) in [4.78, 5) is 7.08. The summed E-state index contributed by atoms with van der Waals surface area (Å²) in [5.74, 6) is 0.877. The SMILES string of the molecule is Cc1nc(CN2CCCCC2c2ccc(F)cc2)cn1C. The average Bonchev–Trinajstić information content (AvgIpc) is 2.79. The van der Waals surface area contributed by atoms with Crippen molar-refractivity contribution in [3.05, 3.63) is 53.4 Å². The van der Waals surface area contributed by atoms with Gasteiger partial charge in [-0.1, -0.05) is 18.6 Å². The van der Waals surface area contributed by atoms with Crippen molar-refractivity contribution in [3.63, 3.8) is 0 Å². The highest BCUT2D eigenvalue weighted by Gasteiger charge is 2.24. The molecule has 21 heavy (non-hydrogen) atoms. The Kier molecular flexibility index (Phi) is 4.06. The van der Waals surface area contributed by atoms with Gasteiger partial charge in [-0.25, -0.2) is 9.37 Å². The molecule has 3 nitrogen and oxygen atoms in total. The molecule has 1 atom stereocenters. The molecule has 1 fully saturated rings. The van der Waals surface area contributed by atoms with Crippen molar-refractivity contribution in [2.24, 2.45) is 7.05 Å². The van der Waals surface area contributed by atoms with E-state index in [9.17, 15) is 4.39 Å². The molecule has 0 N–H and O–H groups in total. The summed E-state index contributed by atoms with van der Waals surface area (Å²) in [6, 6.07) is 7.34. The van der Waals surface area contributed by atoms with Gasteiger partial charge >= 0.3 is 0 Å². The summed E-state index contributed by atoms with van der Waals surface area (Å²) in [7, 11) is 2.03. The fraction of sp³-hybridized carbons (Fsp3) is 0.471. The van der Waals surface area contributed by atoms with Gasteiger partial charge in [0.2, 0.25) is 0 Å². The minimum Gasteiger partial charge on any atom is -0.338 e. The number of nitrogens with zero attached hydrogens (tertiary/aromatic N) is 3. The Labute approximate surface area is 125 Å². The molecular weight excluding hydrogens is 265 g/mol. The van der Waals surface area contributed by atoms with Crippen LogP contribution in [0.2, 0.25) is 0 Å². The number of rotatable bonds is 3. The Morgan fingerprint density at radius 3 is 2.67 bits per heavy atom. The van der Waals surface area contributed by atoms with E-state index < -0.39 is 0 Å². The Bertz CT molecular complexity index is 583. The van der Waals surface area contributed by atoms with Gasteiger partial charge in [0, 0.05) is 25.8 Å². The van der Waals surface area contributed by atoms with Crippen molar-refractivity contribution in [1.29, 1.82) is 0 Å². The van der Waals surface area contributed by atoms with Crippen LogP contribution in [0, 0.1) is 12.7 Å². The summed E-state index contributed by atoms with van der Waals surface area (Å²) in [6.07, 6.45) is 5.70. The van der Waals surface area contributed by atoms with Crippen LogP contribution in [-0.4, -0.2) is 21.0 Å². The molecule has 0 radical (unpaired) electrons. The van der Waals surface area contributed by atoms with Gasteiger partial charge in [-0.15, -0.1) is 0 Å². The lowest BCUT2D eigenvalue weighted by atomic mass is 9.95. The van der Waals surface area contributed by atoms with Crippen molar-refractivity contribution < 1.29 is 4.39 Å². The van der Waals surface area contributed by atoms with Crippen LogP contribution in [0.1, 0.15) is 42.4 Å². The second-order valence-corrected chi connectivity index (χ2v) is 5.92. The van der Waals surface area contributed by atoms with E-state index >= 15 is 0 Å². The second-order valence-electron chi connectivity index (χ2n) is 5.92. The molecule has 112 valence electrons. The molecule has 1 saturated heterocycles. The molecule has 0 aliphatic carbocycles. The van der Waals surface area contributed by atoms with Crippen molar-refractivity contribution in [3.8, 4) is 0 Å². The third-order valence-corrected chi connectivity index (χ3v) is 4.39. The normalized spacial score (nSPS) is 19.9. The highest BCUT2D eigenvalue weighted by molar-refractivity contribution is 5.21. The lowest BCUT2D eigenvalue weighted by Gasteiger charge is -2.35. The summed E-state index contributed by atoms with van der Waals surface area (Å²) >= 11 is 0. The van der Waals surface area contributed by atoms with E-state index in [4.69, 9.17) is 0 Å². The summed E-state index contributed by atoms with van der Waals surface area (Å²) in [5, 5.41) is 0. The standard InChI is InChI=1S/C17H22FN3/c1-13-19-16(11-20(13)2)12-21-10-4-3-5-17(21)14-6-8-15(18)9-7-14/h6-9,11,17H,3-5,10,12H2,1-2H3. The van der Waals surface area contributed by atoms with Gasteiger partial charge in [-0.3, -0.25) is 4.90 Å². The number of piperidine rings is 1. The molecule has 3 rings (SSSR count). The number of hydrogen-bond acceptors (Lipinski definition) is 2. The third-order valence-electron chi connectivity index (χ3n) is 4.39. The molecule has 0 spiro atoms. The molecule has 1 aliphatic rings. The number of halogens is 1. The fourth-order valence-electron chi connectivity index (χ4n) is 3.16. The van der Waals surface area contributed by atoms with Gasteiger partial charge in [0.15, 0.2) is 0 Å². The third kappa shape index (κ3) is 3.16. The Balaban J connectivity index is 1.79. The highest BCUT2D eigenvalue weighted by atomic mass is 19.1. The van der Waals surface area contributed by atoms with Gasteiger partial charge in [-0.05, 0) is 44.0 Å². The first kappa shape index (κ1) is 14.3. The monoisotopic (exact) mass is 287 g/mol. The van der Waals surface area contributed by atoms with Crippen LogP contribution >= 0.6 is 0 Å². The van der Waals surface area contributed by atoms with Crippen LogP contribution in [0.3, 0.4) is 0 Å². The molecule has 1 aliphatic heterocycles. The number of imidazole rings is 1. The second kappa shape index (κ2) is 5.98. The van der Waals surface area contributed by atoms with Gasteiger partial charge in [0.1, 0.15) is 11.6 Å². The average molecular weight is 287 g/mol. The van der Waals surface area contributed by atoms with Gasteiger partial charge in [0.25, 0.3) is 0 Å². The van der Waals surface area contributed by atoms with E-state index in [2.05, 4.69) is 20.6 Å². The molecule has 2 aromatic rings. The van der Waals surface area contributed by atoms with Crippen LogP contribution in [0.4, 0.5) is 4.39 Å². The minimum absolute atomic E-state index is 0.165. The van der Waals surface area contributed by atoms with E-state index in [1.807, 2.05) is 26.1 Å². The number of hydrogen-bond donors (Lipinski definition) is 0. The lowest BCUT2D eigenvalue weighted by Crippen LogP contribution is -2.33. The van der Waals surface area contributed by atoms with E-state index in [1.165, 1.54) is 18.4 Å². The quantitative estimate of drug-likeness (QED) is 0.860. The van der Waals surface area contributed by atoms with Crippen LogP contribution in [0.15, 0.2) is 30.5 Å². The van der Waals surface area contributed by atoms with E-state index in [0.29, 0.717) is 6.04 Å². The van der Waals surface area contributed by atoms with Gasteiger partial charge in [0.05, 0.1) is 5.69 Å². The maximum Gasteiger partial charge on any atom is 0.123 e. The largest absolute Gasteiger partial charge is 0.338 e. The minimum atomic E-state index is -0.165. The molecule has 1 aromatic heterocycles. The first-order valence-corrected chi connectivity index (χ1v) is 7.62. The van der Waals surface area contributed by atoms with Crippen molar-refractivity contribution >= 4 is 0 Å². The fourth-order valence-corrected chi connectivity index (χ4v) is 3.16. The molecule has 0 bridgehead atoms. The molecule has 0 amide bonds. The zero-order valence-electron chi connectivity index (χ0n) is 12.7. The zero-order chi connectivity index (χ0) is 14.8. The predicted molar refractivity (Wildman–Crippen MR) is 81.3 cm³/mol. The maximum atomic E-state index is 13.1. The number of aromatic nitrogens is 2. The Hall–Kier alpha value is -1.68. The number of aryl methyl sites for hydroxylation is 2. The topological polar surface area (TPSA) is 21.1 Å². The first-order valence-electron chi connectivity index (χ1n) is 7.62. The van der Waals surface area contributed by atoms with Gasteiger partial charge < -0.3 is 4.57 Å². The van der Waals surface area contributed by atoms with Gasteiger partial charge in [-0.2, -0.15) is 0 Å². The summed E-state index contributed by atoms with van der Waals surface area (Å²) in [5.41, 5.74) is 2.33. The van der Waals surface area contributed by atoms with Crippen LogP contribution in [0.25, 0.3) is 0 Å². The van der Waals surface area contributed by atoms with E-state index in [1.54, 1.807) is 12.1 Å². The van der Waals surface area contributed by atoms with E-state index in [-0.39, 0.29) is 5.82 Å². The molecule has 0 saturated carbocycles. The predicted octanol–water partition coefficient (Wildman–Crippen LogP) is 3.59. The number of benzene rings is 1. The maximum absolute atomic E-state index is 13.1. The molecular formula is C17H22FN3. The first-order chi connectivity index (χ1) is 10.1. The Morgan fingerprint density at radius 2 is 2.00 bits per heavy atom. The summed E-state index contributed by atoms with van der Waals surface area (Å²) in [6.45, 7) is 3.97. The molecule has 2 heterocycles. The van der Waals surface area contributed by atoms with Crippen molar-refractivity contribution in [2.45, 2.75) is 38.8 Å². The van der Waals surface area contributed by atoms with Crippen LogP contribution < -0.4 is 0 Å². The zero-order valence-corrected chi connectivity index (χ0v) is 12.7. The number of likely N-dealkylation sites (tertiary alicyclic amines) is 1. The van der Waals surface area contributed by atoms with Crippen LogP contribution in [-0.2, 0) is 13.6 Å². The highest BCUT2D eigenvalue weighted by Crippen LogP contribution is 2.32. The smallest absolute Gasteiger partial charge is 0.123 e. The summed E-state index contributed by atoms with van der Waals surface area (Å²) < 4.78 is 15.2. The van der Waals surface area contributed by atoms with Crippen LogP contribution in [0.5, 0.6) is 0 Å². The van der Waals surface area contributed by atoms with Crippen molar-refractivity contribution in [2.75, 3.05) is 6.54 Å². The molecule has 1 unspecified atom stereocenters.